The number of hydrogen-bond acceptors (Lipinski definition) is 3. The van der Waals surface area contributed by atoms with Gasteiger partial charge in [-0.1, -0.05) is 32.1 Å². The first-order valence-electron chi connectivity index (χ1n) is 5.90. The summed E-state index contributed by atoms with van der Waals surface area (Å²) < 4.78 is 0. The van der Waals surface area contributed by atoms with Crippen molar-refractivity contribution < 1.29 is 5.11 Å². The van der Waals surface area contributed by atoms with Gasteiger partial charge in [0.1, 0.15) is 0 Å². The number of rotatable bonds is 6. The zero-order valence-electron chi connectivity index (χ0n) is 9.04. The molecule has 0 aromatic rings. The van der Waals surface area contributed by atoms with E-state index in [0.717, 1.165) is 19.0 Å². The Morgan fingerprint density at radius 2 is 2.00 bits per heavy atom. The largest absolute Gasteiger partial charge is 0.395 e. The molecule has 0 radical (unpaired) electrons. The van der Waals surface area contributed by atoms with Crippen LogP contribution < -0.4 is 11.1 Å². The maximum absolute atomic E-state index is 8.72. The molecule has 1 rings (SSSR count). The van der Waals surface area contributed by atoms with Crippen LogP contribution in [-0.4, -0.2) is 30.8 Å². The summed E-state index contributed by atoms with van der Waals surface area (Å²) >= 11 is 0. The second-order valence-electron chi connectivity index (χ2n) is 4.44. The Kier molecular flexibility index (Phi) is 6.15. The Balaban J connectivity index is 1.92. The van der Waals surface area contributed by atoms with E-state index < -0.39 is 0 Å². The fourth-order valence-electron chi connectivity index (χ4n) is 2.13. The van der Waals surface area contributed by atoms with Crippen LogP contribution in [0.4, 0.5) is 0 Å². The molecule has 4 N–H and O–H groups in total. The van der Waals surface area contributed by atoms with Gasteiger partial charge in [-0.3, -0.25) is 0 Å². The van der Waals surface area contributed by atoms with Crippen LogP contribution >= 0.6 is 0 Å². The Hall–Kier alpha value is -0.120. The molecule has 0 heterocycles. The summed E-state index contributed by atoms with van der Waals surface area (Å²) in [6, 6.07) is -0.0960. The Bertz CT molecular complexity index is 135. The summed E-state index contributed by atoms with van der Waals surface area (Å²) in [5.74, 6) is 0.932. The molecule has 1 fully saturated rings. The van der Waals surface area contributed by atoms with E-state index in [1.807, 2.05) is 0 Å². The predicted octanol–water partition coefficient (Wildman–Crippen LogP) is 0.866. The first kappa shape index (κ1) is 12.0. The van der Waals surface area contributed by atoms with Gasteiger partial charge in [0.15, 0.2) is 0 Å². The summed E-state index contributed by atoms with van der Waals surface area (Å²) in [5.41, 5.74) is 5.58. The minimum Gasteiger partial charge on any atom is -0.395 e. The minimum atomic E-state index is -0.0960. The van der Waals surface area contributed by atoms with E-state index in [0.29, 0.717) is 0 Å². The van der Waals surface area contributed by atoms with Crippen LogP contribution in [0, 0.1) is 5.92 Å². The first-order valence-corrected chi connectivity index (χ1v) is 5.90. The zero-order valence-corrected chi connectivity index (χ0v) is 9.04. The molecule has 3 heteroatoms. The van der Waals surface area contributed by atoms with Crippen molar-refractivity contribution in [3.8, 4) is 0 Å². The molecule has 1 saturated carbocycles. The van der Waals surface area contributed by atoms with Gasteiger partial charge >= 0.3 is 0 Å². The van der Waals surface area contributed by atoms with Gasteiger partial charge in [0.25, 0.3) is 0 Å². The van der Waals surface area contributed by atoms with Crippen LogP contribution in [0.25, 0.3) is 0 Å². The number of hydrogen-bond donors (Lipinski definition) is 3. The van der Waals surface area contributed by atoms with Gasteiger partial charge in [0.2, 0.25) is 0 Å². The first-order chi connectivity index (χ1) is 6.83. The van der Waals surface area contributed by atoms with Crippen molar-refractivity contribution in [2.75, 3.05) is 19.7 Å². The van der Waals surface area contributed by atoms with E-state index >= 15 is 0 Å². The van der Waals surface area contributed by atoms with E-state index in [1.165, 1.54) is 38.5 Å². The van der Waals surface area contributed by atoms with E-state index in [2.05, 4.69) is 5.32 Å². The van der Waals surface area contributed by atoms with Gasteiger partial charge in [-0.2, -0.15) is 0 Å². The zero-order chi connectivity index (χ0) is 10.2. The molecule has 0 aromatic heterocycles. The molecule has 1 unspecified atom stereocenters. The summed E-state index contributed by atoms with van der Waals surface area (Å²) in [7, 11) is 0. The van der Waals surface area contributed by atoms with Crippen molar-refractivity contribution in [3.63, 3.8) is 0 Å². The van der Waals surface area contributed by atoms with Gasteiger partial charge in [-0.05, 0) is 18.9 Å². The van der Waals surface area contributed by atoms with E-state index in [9.17, 15) is 0 Å². The van der Waals surface area contributed by atoms with Crippen molar-refractivity contribution >= 4 is 0 Å². The van der Waals surface area contributed by atoms with Crippen molar-refractivity contribution in [1.29, 1.82) is 0 Å². The summed E-state index contributed by atoms with van der Waals surface area (Å²) in [4.78, 5) is 0. The third-order valence-corrected chi connectivity index (χ3v) is 3.10. The number of nitrogens with one attached hydrogen (secondary N) is 1. The molecule has 14 heavy (non-hydrogen) atoms. The molecule has 0 aliphatic heterocycles. The van der Waals surface area contributed by atoms with Crippen molar-refractivity contribution in [1.82, 2.24) is 5.32 Å². The van der Waals surface area contributed by atoms with Crippen LogP contribution in [0.15, 0.2) is 0 Å². The summed E-state index contributed by atoms with van der Waals surface area (Å²) in [6.45, 7) is 1.87. The monoisotopic (exact) mass is 200 g/mol. The quantitative estimate of drug-likeness (QED) is 0.558. The molecule has 0 spiro atoms. The van der Waals surface area contributed by atoms with Crippen LogP contribution in [0.2, 0.25) is 0 Å². The van der Waals surface area contributed by atoms with E-state index in [1.54, 1.807) is 0 Å². The maximum Gasteiger partial charge on any atom is 0.0594 e. The molecule has 0 bridgehead atoms. The molecule has 1 aliphatic carbocycles. The summed E-state index contributed by atoms with van der Waals surface area (Å²) in [6.07, 6.45) is 8.36. The highest BCUT2D eigenvalue weighted by molar-refractivity contribution is 4.68. The third-order valence-electron chi connectivity index (χ3n) is 3.10. The molecular formula is C11H24N2O. The van der Waals surface area contributed by atoms with Gasteiger partial charge in [-0.25, -0.2) is 0 Å². The van der Waals surface area contributed by atoms with Crippen LogP contribution in [0.3, 0.4) is 0 Å². The van der Waals surface area contributed by atoms with E-state index in [-0.39, 0.29) is 12.6 Å². The van der Waals surface area contributed by atoms with Crippen LogP contribution in [0.1, 0.15) is 38.5 Å². The fourth-order valence-corrected chi connectivity index (χ4v) is 2.13. The highest BCUT2D eigenvalue weighted by atomic mass is 16.3. The highest BCUT2D eigenvalue weighted by Gasteiger charge is 2.12. The molecule has 84 valence electrons. The highest BCUT2D eigenvalue weighted by Crippen LogP contribution is 2.25. The smallest absolute Gasteiger partial charge is 0.0594 e. The Labute approximate surface area is 87.1 Å². The number of aliphatic hydroxyl groups excluding tert-OH is 1. The molecule has 0 saturated heterocycles. The van der Waals surface area contributed by atoms with Gasteiger partial charge < -0.3 is 16.2 Å². The normalized spacial score (nSPS) is 21.0. The molecular weight excluding hydrogens is 176 g/mol. The lowest BCUT2D eigenvalue weighted by Gasteiger charge is -2.21. The molecule has 0 amide bonds. The standard InChI is InChI=1S/C11H24N2O/c12-11(9-14)8-13-7-6-10-4-2-1-3-5-10/h10-11,13-14H,1-9,12H2. The second-order valence-corrected chi connectivity index (χ2v) is 4.44. The van der Waals surface area contributed by atoms with Crippen molar-refractivity contribution in [2.45, 2.75) is 44.6 Å². The van der Waals surface area contributed by atoms with Crippen molar-refractivity contribution in [3.05, 3.63) is 0 Å². The Morgan fingerprint density at radius 1 is 1.29 bits per heavy atom. The lowest BCUT2D eigenvalue weighted by Crippen LogP contribution is -2.37. The lowest BCUT2D eigenvalue weighted by molar-refractivity contribution is 0.260. The average Bonchev–Trinajstić information content (AvgIpc) is 2.25. The lowest BCUT2D eigenvalue weighted by atomic mass is 9.87. The molecule has 1 atom stereocenters. The van der Waals surface area contributed by atoms with E-state index in [4.69, 9.17) is 10.8 Å². The van der Waals surface area contributed by atoms with Crippen LogP contribution in [-0.2, 0) is 0 Å². The number of aliphatic hydroxyl groups is 1. The fraction of sp³-hybridized carbons (Fsp3) is 1.00. The summed E-state index contributed by atoms with van der Waals surface area (Å²) in [5, 5.41) is 12.0. The predicted molar refractivity (Wildman–Crippen MR) is 59.1 cm³/mol. The Morgan fingerprint density at radius 3 is 2.64 bits per heavy atom. The topological polar surface area (TPSA) is 58.3 Å². The van der Waals surface area contributed by atoms with Gasteiger partial charge in [0.05, 0.1) is 6.61 Å². The second kappa shape index (κ2) is 7.21. The maximum atomic E-state index is 8.72. The molecule has 1 aliphatic rings. The molecule has 0 aromatic carbocycles. The number of nitrogens with two attached hydrogens (primary N) is 1. The minimum absolute atomic E-state index is 0.0798. The van der Waals surface area contributed by atoms with Gasteiger partial charge in [-0.15, -0.1) is 0 Å². The van der Waals surface area contributed by atoms with Gasteiger partial charge in [0, 0.05) is 12.6 Å². The average molecular weight is 200 g/mol. The molecule has 3 nitrogen and oxygen atoms in total. The SMILES string of the molecule is NC(CO)CNCCC1CCCCC1. The third kappa shape index (κ3) is 4.94. The van der Waals surface area contributed by atoms with Crippen LogP contribution in [0.5, 0.6) is 0 Å². The van der Waals surface area contributed by atoms with Crippen molar-refractivity contribution in [2.24, 2.45) is 11.7 Å².